The maximum absolute atomic E-state index is 3.37. The maximum Gasteiger partial charge on any atom is 4.00 e. The molecular weight excluding hydrogens is 474 g/mol. The van der Waals surface area contributed by atoms with Gasteiger partial charge < -0.3 is 24.8 Å². The van der Waals surface area contributed by atoms with Crippen LogP contribution in [0.15, 0.2) is 53.6 Å². The SMILES string of the molecule is CCC(C)P(c1cc2ccccc2[cH-]1)C(C)CC.CCCCC1=[C-]CC=C1C.[Cl-].[Cl-].[Ti+4]. The molecule has 3 rings (SSSR count). The molecule has 0 heterocycles. The van der Waals surface area contributed by atoms with Crippen molar-refractivity contribution in [1.29, 1.82) is 0 Å². The Morgan fingerprint density at radius 2 is 1.65 bits per heavy atom. The van der Waals surface area contributed by atoms with Crippen molar-refractivity contribution in [2.45, 2.75) is 91.4 Å². The molecule has 2 atom stereocenters. The van der Waals surface area contributed by atoms with E-state index in [0.717, 1.165) is 17.7 Å². The number of fused-ring (bicyclic) bond motifs is 1. The molecule has 2 aromatic carbocycles. The second-order valence-electron chi connectivity index (χ2n) is 8.11. The number of hydrogen-bond acceptors (Lipinski definition) is 0. The Bertz CT molecular complexity index is 750. The molecule has 0 saturated heterocycles. The van der Waals surface area contributed by atoms with Crippen LogP contribution in [0, 0.1) is 6.08 Å². The summed E-state index contributed by atoms with van der Waals surface area (Å²) in [6.45, 7) is 13.9. The van der Waals surface area contributed by atoms with Gasteiger partial charge in [-0.2, -0.15) is 12.1 Å². The Morgan fingerprint density at radius 3 is 2.13 bits per heavy atom. The fourth-order valence-electron chi connectivity index (χ4n) is 3.85. The Labute approximate surface area is 220 Å². The molecule has 0 amide bonds. The molecule has 2 unspecified atom stereocenters. The van der Waals surface area contributed by atoms with Gasteiger partial charge in [0, 0.05) is 0 Å². The van der Waals surface area contributed by atoms with E-state index in [2.05, 4.69) is 90.1 Å². The topological polar surface area (TPSA) is 0 Å². The van der Waals surface area contributed by atoms with E-state index in [9.17, 15) is 0 Å². The van der Waals surface area contributed by atoms with Gasteiger partial charge in [0.25, 0.3) is 0 Å². The van der Waals surface area contributed by atoms with Crippen LogP contribution < -0.4 is 30.1 Å². The van der Waals surface area contributed by atoms with Gasteiger partial charge in [-0.05, 0) is 24.2 Å². The standard InChI is InChI=1S/C17H24P.C10H15.2ClH.Ti/c1-5-13(3)18(14(4)6-2)17-11-15-9-7-8-10-16(15)12-17;1-3-4-7-10-8-5-6-9(10)2;;;/h7-14H,5-6H2,1-4H3;6H,3-5,7H2,1-2H3;2*1H;/q2*-1;;;+4/p-2. The van der Waals surface area contributed by atoms with Gasteiger partial charge in [0.15, 0.2) is 0 Å². The van der Waals surface area contributed by atoms with Crippen LogP contribution in [-0.2, 0) is 21.7 Å². The summed E-state index contributed by atoms with van der Waals surface area (Å²) in [4.78, 5) is 0. The molecule has 0 aromatic heterocycles. The number of halogens is 2. The fraction of sp³-hybridized carbons (Fsp3) is 0.519. The minimum absolute atomic E-state index is 0. The summed E-state index contributed by atoms with van der Waals surface area (Å²) in [5, 5.41) is 4.42. The first-order valence-electron chi connectivity index (χ1n) is 11.2. The summed E-state index contributed by atoms with van der Waals surface area (Å²) in [5.41, 5.74) is 4.56. The third kappa shape index (κ3) is 9.82. The zero-order valence-corrected chi connectivity index (χ0v) is 24.1. The number of rotatable bonds is 8. The molecule has 0 N–H and O–H groups in total. The van der Waals surface area contributed by atoms with Crippen LogP contribution in [0.25, 0.3) is 10.8 Å². The van der Waals surface area contributed by atoms with E-state index in [4.69, 9.17) is 0 Å². The molecule has 0 nitrogen and oxygen atoms in total. The second-order valence-corrected chi connectivity index (χ2v) is 11.2. The normalized spacial score (nSPS) is 15.2. The number of hydrogen-bond donors (Lipinski definition) is 0. The van der Waals surface area contributed by atoms with E-state index >= 15 is 0 Å². The Hall–Kier alpha value is 0.0343. The van der Waals surface area contributed by atoms with Crippen LogP contribution in [0.2, 0.25) is 0 Å². The van der Waals surface area contributed by atoms with Gasteiger partial charge in [-0.15, -0.1) is 53.7 Å². The van der Waals surface area contributed by atoms with Gasteiger partial charge in [0.1, 0.15) is 0 Å². The van der Waals surface area contributed by atoms with Crippen LogP contribution in [0.4, 0.5) is 0 Å². The molecule has 170 valence electrons. The average Bonchev–Trinajstić information content (AvgIpc) is 3.32. The van der Waals surface area contributed by atoms with Gasteiger partial charge in [-0.25, -0.2) is 11.1 Å². The molecule has 0 aliphatic heterocycles. The molecule has 1 aliphatic carbocycles. The zero-order valence-electron chi connectivity index (χ0n) is 20.1. The first kappa shape index (κ1) is 33.2. The minimum atomic E-state index is -0.0252. The number of benzene rings is 1. The predicted octanol–water partition coefficient (Wildman–Crippen LogP) is 2.52. The Morgan fingerprint density at radius 1 is 1.03 bits per heavy atom. The van der Waals surface area contributed by atoms with Crippen molar-refractivity contribution in [1.82, 2.24) is 0 Å². The smallest absolute Gasteiger partial charge is 1.00 e. The molecule has 31 heavy (non-hydrogen) atoms. The molecule has 0 radical (unpaired) electrons. The monoisotopic (exact) mass is 512 g/mol. The molecule has 2 aromatic rings. The first-order valence-corrected chi connectivity index (χ1v) is 12.7. The summed E-state index contributed by atoms with van der Waals surface area (Å²) in [5.74, 6) is 0. The van der Waals surface area contributed by atoms with E-state index in [-0.39, 0.29) is 54.5 Å². The van der Waals surface area contributed by atoms with Crippen molar-refractivity contribution in [2.24, 2.45) is 0 Å². The molecule has 1 aliphatic rings. The summed E-state index contributed by atoms with van der Waals surface area (Å²) in [6, 6.07) is 13.6. The number of allylic oxidation sites excluding steroid dienone is 4. The Kier molecular flexibility index (Phi) is 18.7. The molecule has 0 saturated carbocycles. The maximum atomic E-state index is 3.37. The first-order chi connectivity index (χ1) is 13.5. The van der Waals surface area contributed by atoms with E-state index < -0.39 is 0 Å². The van der Waals surface area contributed by atoms with Gasteiger partial charge in [-0.3, -0.25) is 6.08 Å². The van der Waals surface area contributed by atoms with Crippen LogP contribution in [0.3, 0.4) is 0 Å². The average molecular weight is 513 g/mol. The molecular formula is C27H39Cl2PTi. The third-order valence-electron chi connectivity index (χ3n) is 6.01. The van der Waals surface area contributed by atoms with Gasteiger partial charge >= 0.3 is 21.7 Å². The van der Waals surface area contributed by atoms with E-state index in [1.54, 1.807) is 5.30 Å². The molecule has 0 fully saturated rings. The van der Waals surface area contributed by atoms with E-state index in [1.807, 2.05) is 0 Å². The summed E-state index contributed by atoms with van der Waals surface area (Å²) in [6.07, 6.45) is 13.1. The predicted molar refractivity (Wildman–Crippen MR) is 130 cm³/mol. The third-order valence-corrected chi connectivity index (χ3v) is 9.50. The van der Waals surface area contributed by atoms with Crippen LogP contribution in [0.1, 0.15) is 80.1 Å². The summed E-state index contributed by atoms with van der Waals surface area (Å²) < 4.78 is 0. The Balaban J connectivity index is 0. The fourth-order valence-corrected chi connectivity index (χ4v) is 7.10. The van der Waals surface area contributed by atoms with Crippen molar-refractivity contribution < 1.29 is 46.5 Å². The minimum Gasteiger partial charge on any atom is -1.00 e. The summed E-state index contributed by atoms with van der Waals surface area (Å²) in [7, 11) is -0.0252. The molecule has 0 bridgehead atoms. The van der Waals surface area contributed by atoms with Crippen molar-refractivity contribution in [3.8, 4) is 0 Å². The van der Waals surface area contributed by atoms with Gasteiger partial charge in [-0.1, -0.05) is 67.9 Å². The summed E-state index contributed by atoms with van der Waals surface area (Å²) >= 11 is 0. The quantitative estimate of drug-likeness (QED) is 0.289. The molecule has 4 heteroatoms. The van der Waals surface area contributed by atoms with Crippen LogP contribution in [0.5, 0.6) is 0 Å². The largest absolute Gasteiger partial charge is 4.00 e. The van der Waals surface area contributed by atoms with Crippen LogP contribution >= 0.6 is 7.92 Å². The van der Waals surface area contributed by atoms with Crippen molar-refractivity contribution in [2.75, 3.05) is 0 Å². The zero-order chi connectivity index (χ0) is 20.5. The van der Waals surface area contributed by atoms with Crippen molar-refractivity contribution in [3.05, 3.63) is 59.7 Å². The van der Waals surface area contributed by atoms with Crippen molar-refractivity contribution in [3.63, 3.8) is 0 Å². The second kappa shape index (κ2) is 17.5. The number of unbranched alkanes of at least 4 members (excludes halogenated alkanes) is 1. The van der Waals surface area contributed by atoms with Gasteiger partial charge in [0.2, 0.25) is 0 Å². The van der Waals surface area contributed by atoms with Gasteiger partial charge in [0.05, 0.1) is 0 Å². The van der Waals surface area contributed by atoms with Crippen LogP contribution in [-0.4, -0.2) is 11.3 Å². The van der Waals surface area contributed by atoms with E-state index in [1.165, 1.54) is 54.0 Å². The van der Waals surface area contributed by atoms with E-state index in [0.29, 0.717) is 0 Å². The van der Waals surface area contributed by atoms with Crippen molar-refractivity contribution >= 4 is 24.0 Å². The molecule has 0 spiro atoms.